The summed E-state index contributed by atoms with van der Waals surface area (Å²) in [7, 11) is -1.88. The summed E-state index contributed by atoms with van der Waals surface area (Å²) in [6.45, 7) is 14.7. The molecule has 0 fully saturated rings. The van der Waals surface area contributed by atoms with Crippen LogP contribution < -0.4 is 0 Å². The first-order chi connectivity index (χ1) is 4.15. The van der Waals surface area contributed by atoms with Gasteiger partial charge in [0.25, 0.3) is 0 Å². The Labute approximate surface area is 94.5 Å². The van der Waals surface area contributed by atoms with Crippen LogP contribution in [0.15, 0.2) is 0 Å². The van der Waals surface area contributed by atoms with E-state index in [2.05, 4.69) is 41.5 Å². The molecule has 0 rings (SSSR count). The minimum Gasteiger partial charge on any atom is -0.147 e. The topological polar surface area (TPSA) is 3.24 Å². The van der Waals surface area contributed by atoms with Crippen LogP contribution in [0.2, 0.25) is 39.3 Å². The van der Waals surface area contributed by atoms with Crippen LogP contribution >= 0.6 is 12.4 Å². The van der Waals surface area contributed by atoms with Crippen LogP contribution in [-0.2, 0) is 24.7 Å². The third-order valence-corrected chi connectivity index (χ3v) is 22.5. The van der Waals surface area contributed by atoms with Crippen molar-refractivity contribution in [3.63, 3.8) is 0 Å². The zero-order valence-corrected chi connectivity index (χ0v) is 14.8. The van der Waals surface area contributed by atoms with E-state index in [0.29, 0.717) is 0 Å². The maximum absolute atomic E-state index is 2.79. The molecule has 0 atom stereocenters. The molecule has 1 nitrogen and oxygen atoms in total. The Hall–Kier alpha value is 1.55. The molecule has 0 aromatic rings. The van der Waals surface area contributed by atoms with E-state index in [4.69, 9.17) is 0 Å². The Morgan fingerprint density at radius 1 is 0.818 bits per heavy atom. The van der Waals surface area contributed by atoms with Gasteiger partial charge in [-0.3, -0.25) is 0 Å². The summed E-state index contributed by atoms with van der Waals surface area (Å²) in [6, 6.07) is 0. The van der Waals surface area contributed by atoms with Crippen molar-refractivity contribution in [2.75, 3.05) is 0 Å². The molecule has 11 heavy (non-hydrogen) atoms. The standard InChI is InChI=1S/C6H18NSi2.ClH.Hf/c1-8(2,3)7-9(4,5)6;;/h1-6H3;1H;/q-1;;+1. The smallest absolute Gasteiger partial charge is 0.147 e. The molecule has 0 radical (unpaired) electrons. The summed E-state index contributed by atoms with van der Waals surface area (Å²) in [6.07, 6.45) is 0. The molecule has 0 aromatic carbocycles. The number of hydrogen-bond donors (Lipinski definition) is 0. The van der Waals surface area contributed by atoms with Crippen LogP contribution in [0, 0.1) is 0 Å². The summed E-state index contributed by atoms with van der Waals surface area (Å²) in [5.74, 6) is 0. The molecule has 0 saturated carbocycles. The summed E-state index contributed by atoms with van der Waals surface area (Å²) in [5, 5.41) is 0. The van der Waals surface area contributed by atoms with Crippen molar-refractivity contribution >= 4 is 28.9 Å². The predicted octanol–water partition coefficient (Wildman–Crippen LogP) is 2.84. The van der Waals surface area contributed by atoms with Crippen LogP contribution in [-0.4, -0.2) is 18.7 Å². The van der Waals surface area contributed by atoms with Gasteiger partial charge in [-0.2, -0.15) is 0 Å². The molecule has 0 aromatic heterocycles. The zero-order chi connectivity index (χ0) is 8.58. The van der Waals surface area contributed by atoms with E-state index in [0.717, 1.165) is 0 Å². The molecular weight excluding hydrogens is 356 g/mol. The van der Waals surface area contributed by atoms with E-state index in [9.17, 15) is 0 Å². The van der Waals surface area contributed by atoms with Crippen molar-refractivity contribution in [3.8, 4) is 0 Å². The predicted molar refractivity (Wildman–Crippen MR) is 55.8 cm³/mol. The summed E-state index contributed by atoms with van der Waals surface area (Å²) in [4.78, 5) is 0. The van der Waals surface area contributed by atoms with Gasteiger partial charge < -0.3 is 0 Å². The fraction of sp³-hybridized carbons (Fsp3) is 1.00. The van der Waals surface area contributed by atoms with Gasteiger partial charge >= 0.3 is 82.6 Å². The van der Waals surface area contributed by atoms with Crippen molar-refractivity contribution in [2.45, 2.75) is 39.3 Å². The molecule has 0 unspecified atom stereocenters. The Kier molecular flexibility index (Phi) is 6.42. The van der Waals surface area contributed by atoms with Gasteiger partial charge in [-0.25, -0.2) is 0 Å². The third-order valence-electron chi connectivity index (χ3n) is 1.34. The summed E-state index contributed by atoms with van der Waals surface area (Å²) >= 11 is 1.26. The quantitative estimate of drug-likeness (QED) is 0.671. The van der Waals surface area contributed by atoms with Crippen LogP contribution in [0.3, 0.4) is 0 Å². The second-order valence-electron chi connectivity index (χ2n) is 4.68. The monoisotopic (exact) mass is 376 g/mol. The van der Waals surface area contributed by atoms with Crippen molar-refractivity contribution in [2.24, 2.45) is 0 Å². The van der Waals surface area contributed by atoms with Gasteiger partial charge in [0.05, 0.1) is 0 Å². The molecule has 0 aliphatic rings. The first-order valence-electron chi connectivity index (χ1n) is 3.67. The molecule has 0 heterocycles. The Bertz CT molecular complexity index is 105. The maximum Gasteiger partial charge on any atom is -0.147 e. The molecule has 0 N–H and O–H groups in total. The van der Waals surface area contributed by atoms with Crippen molar-refractivity contribution in [3.05, 3.63) is 0 Å². The second kappa shape index (κ2) is 4.70. The van der Waals surface area contributed by atoms with Gasteiger partial charge in [0.2, 0.25) is 0 Å². The van der Waals surface area contributed by atoms with E-state index >= 15 is 0 Å². The summed E-state index contributed by atoms with van der Waals surface area (Å²) < 4.78 is 2.79. The van der Waals surface area contributed by atoms with E-state index in [1.165, 1.54) is 24.7 Å². The van der Waals surface area contributed by atoms with Crippen LogP contribution in [0.4, 0.5) is 0 Å². The van der Waals surface area contributed by atoms with Gasteiger partial charge in [0.15, 0.2) is 0 Å². The van der Waals surface area contributed by atoms with E-state index < -0.39 is 16.5 Å². The minimum atomic E-state index is -0.939. The minimum absolute atomic E-state index is 0. The van der Waals surface area contributed by atoms with Gasteiger partial charge in [-0.15, -0.1) is 12.4 Å². The van der Waals surface area contributed by atoms with Gasteiger partial charge in [0, 0.05) is 0 Å². The molecule has 0 aliphatic heterocycles. The fourth-order valence-electron chi connectivity index (χ4n) is 1.01. The number of nitrogens with zero attached hydrogens (tertiary/aromatic N) is 1. The summed E-state index contributed by atoms with van der Waals surface area (Å²) in [5.41, 5.74) is 0. The number of halogens is 1. The molecule has 0 amide bonds. The van der Waals surface area contributed by atoms with Crippen molar-refractivity contribution < 1.29 is 24.7 Å². The van der Waals surface area contributed by atoms with Crippen LogP contribution in [0.25, 0.3) is 0 Å². The Morgan fingerprint density at radius 3 is 1.00 bits per heavy atom. The van der Waals surface area contributed by atoms with Gasteiger partial charge in [0.1, 0.15) is 0 Å². The van der Waals surface area contributed by atoms with E-state index in [1.807, 2.05) is 0 Å². The molecule has 0 bridgehead atoms. The largest absolute Gasteiger partial charge is 0.147 e. The third kappa shape index (κ3) is 5.74. The second-order valence-corrected chi connectivity index (χ2v) is 19.5. The maximum atomic E-state index is 2.79. The normalized spacial score (nSPS) is 12.9. The first kappa shape index (κ1) is 15.0. The number of rotatable bonds is 2. The molecule has 5 heteroatoms. The average Bonchev–Trinajstić information content (AvgIpc) is 1.59. The van der Waals surface area contributed by atoms with Gasteiger partial charge in [-0.1, -0.05) is 0 Å². The average molecular weight is 375 g/mol. The van der Waals surface area contributed by atoms with E-state index in [-0.39, 0.29) is 12.4 Å². The fourth-order valence-corrected chi connectivity index (χ4v) is 9.06. The van der Waals surface area contributed by atoms with Crippen LogP contribution in [0.5, 0.6) is 0 Å². The molecule has 0 saturated heterocycles. The van der Waals surface area contributed by atoms with Crippen molar-refractivity contribution in [1.29, 1.82) is 0 Å². The van der Waals surface area contributed by atoms with E-state index in [1.54, 1.807) is 0 Å². The van der Waals surface area contributed by atoms with Crippen molar-refractivity contribution in [1.82, 2.24) is 2.22 Å². The SMILES string of the molecule is C[Si](C)(C)[N]([Hf])[Si](C)(C)C.Cl. The first-order valence-corrected chi connectivity index (χ1v) is 12.2. The van der Waals surface area contributed by atoms with Gasteiger partial charge in [-0.05, 0) is 0 Å². The molecule has 0 spiro atoms. The Balaban J connectivity index is 0. The number of hydrogen-bond acceptors (Lipinski definition) is 1. The zero-order valence-electron chi connectivity index (χ0n) is 8.36. The molecular formula is C6H19ClHfNSi2. The molecule has 0 aliphatic carbocycles. The Morgan fingerprint density at radius 2 is 1.00 bits per heavy atom. The van der Waals surface area contributed by atoms with Crippen LogP contribution in [0.1, 0.15) is 0 Å². The molecule has 67 valence electrons.